The normalized spacial score (nSPS) is 11.3. The highest BCUT2D eigenvalue weighted by Gasteiger charge is 2.10. The van der Waals surface area contributed by atoms with Gasteiger partial charge in [-0.2, -0.15) is 0 Å². The highest BCUT2D eigenvalue weighted by Crippen LogP contribution is 2.20. The maximum absolute atomic E-state index is 9.05. The van der Waals surface area contributed by atoms with Crippen molar-refractivity contribution >= 4 is 11.0 Å². The molecule has 1 aromatic heterocycles. The van der Waals surface area contributed by atoms with Gasteiger partial charge in [0.25, 0.3) is 0 Å². The summed E-state index contributed by atoms with van der Waals surface area (Å²) >= 11 is 0. The molecule has 0 amide bonds. The highest BCUT2D eigenvalue weighted by atomic mass is 16.2. The number of rotatable bonds is 8. The fourth-order valence-electron chi connectivity index (χ4n) is 2.66. The maximum Gasteiger partial charge on any atom is 0.109 e. The summed E-state index contributed by atoms with van der Waals surface area (Å²) < 4.78 is 2.35. The topological polar surface area (TPSA) is 38.0 Å². The van der Waals surface area contributed by atoms with Crippen molar-refractivity contribution in [3.05, 3.63) is 29.6 Å². The molecule has 20 heavy (non-hydrogen) atoms. The number of aryl methyl sites for hydroxylation is 3. The van der Waals surface area contributed by atoms with Gasteiger partial charge in [0.15, 0.2) is 0 Å². The van der Waals surface area contributed by atoms with E-state index in [1.54, 1.807) is 0 Å². The standard InChI is InChI=1S/C17H26N2O/c1-3-4-5-6-11-19-16-10-9-14(2)13-15(16)18-17(19)8-7-12-20/h9-10,13,20H,3-8,11-12H2,1-2H3. The summed E-state index contributed by atoms with van der Waals surface area (Å²) in [6.07, 6.45) is 6.70. The van der Waals surface area contributed by atoms with Crippen LogP contribution in [-0.4, -0.2) is 21.3 Å². The molecule has 0 fully saturated rings. The van der Waals surface area contributed by atoms with E-state index in [-0.39, 0.29) is 6.61 Å². The zero-order valence-corrected chi connectivity index (χ0v) is 12.7. The van der Waals surface area contributed by atoms with E-state index in [1.807, 2.05) is 0 Å². The van der Waals surface area contributed by atoms with Crippen LogP contribution in [0.4, 0.5) is 0 Å². The Labute approximate surface area is 121 Å². The molecule has 0 bridgehead atoms. The summed E-state index contributed by atoms with van der Waals surface area (Å²) in [7, 11) is 0. The maximum atomic E-state index is 9.05. The van der Waals surface area contributed by atoms with Gasteiger partial charge in [0.05, 0.1) is 11.0 Å². The first kappa shape index (κ1) is 15.0. The van der Waals surface area contributed by atoms with Crippen molar-refractivity contribution < 1.29 is 5.11 Å². The Kier molecular flexibility index (Phi) is 5.60. The number of hydrogen-bond acceptors (Lipinski definition) is 2. The fourth-order valence-corrected chi connectivity index (χ4v) is 2.66. The molecule has 0 aliphatic carbocycles. The monoisotopic (exact) mass is 274 g/mol. The molecule has 0 aliphatic rings. The van der Waals surface area contributed by atoms with Gasteiger partial charge in [-0.15, -0.1) is 0 Å². The first-order chi connectivity index (χ1) is 9.76. The SMILES string of the molecule is CCCCCCn1c(CCCO)nc2cc(C)ccc21. The Morgan fingerprint density at radius 2 is 2.00 bits per heavy atom. The van der Waals surface area contributed by atoms with E-state index >= 15 is 0 Å². The Balaban J connectivity index is 2.22. The summed E-state index contributed by atoms with van der Waals surface area (Å²) in [5.74, 6) is 1.12. The molecule has 110 valence electrons. The Morgan fingerprint density at radius 3 is 2.75 bits per heavy atom. The summed E-state index contributed by atoms with van der Waals surface area (Å²) in [5.41, 5.74) is 3.58. The number of aliphatic hydroxyl groups excluding tert-OH is 1. The van der Waals surface area contributed by atoms with Crippen molar-refractivity contribution in [3.63, 3.8) is 0 Å². The summed E-state index contributed by atoms with van der Waals surface area (Å²) in [4.78, 5) is 4.76. The van der Waals surface area contributed by atoms with Gasteiger partial charge in [-0.3, -0.25) is 0 Å². The number of hydrogen-bond donors (Lipinski definition) is 1. The number of fused-ring (bicyclic) bond motifs is 1. The minimum Gasteiger partial charge on any atom is -0.396 e. The van der Waals surface area contributed by atoms with Crippen LogP contribution in [0, 0.1) is 6.92 Å². The van der Waals surface area contributed by atoms with Gasteiger partial charge in [0.2, 0.25) is 0 Å². The number of imidazole rings is 1. The summed E-state index contributed by atoms with van der Waals surface area (Å²) in [6, 6.07) is 6.49. The van der Waals surface area contributed by atoms with Crippen LogP contribution >= 0.6 is 0 Å². The molecule has 1 aromatic carbocycles. The second-order valence-electron chi connectivity index (χ2n) is 5.56. The quantitative estimate of drug-likeness (QED) is 0.742. The molecule has 0 radical (unpaired) electrons. The predicted octanol–water partition coefficient (Wildman–Crippen LogP) is 3.85. The Morgan fingerprint density at radius 1 is 1.15 bits per heavy atom. The number of unbranched alkanes of at least 4 members (excludes halogenated alkanes) is 3. The zero-order valence-electron chi connectivity index (χ0n) is 12.7. The predicted molar refractivity (Wildman–Crippen MR) is 84.0 cm³/mol. The van der Waals surface area contributed by atoms with E-state index in [2.05, 4.69) is 36.6 Å². The minimum absolute atomic E-state index is 0.234. The third-order valence-electron chi connectivity index (χ3n) is 3.78. The molecule has 3 heteroatoms. The van der Waals surface area contributed by atoms with Crippen molar-refractivity contribution in [2.24, 2.45) is 0 Å². The lowest BCUT2D eigenvalue weighted by Gasteiger charge is -2.09. The Bertz CT molecular complexity index is 545. The fraction of sp³-hybridized carbons (Fsp3) is 0.588. The van der Waals surface area contributed by atoms with Crippen LogP contribution in [0.3, 0.4) is 0 Å². The van der Waals surface area contributed by atoms with Crippen molar-refractivity contribution in [1.82, 2.24) is 9.55 Å². The number of nitrogens with zero attached hydrogens (tertiary/aromatic N) is 2. The van der Waals surface area contributed by atoms with E-state index in [9.17, 15) is 0 Å². The van der Waals surface area contributed by atoms with Crippen molar-refractivity contribution in [1.29, 1.82) is 0 Å². The molecule has 0 atom stereocenters. The second kappa shape index (κ2) is 7.44. The van der Waals surface area contributed by atoms with E-state index in [1.165, 1.54) is 36.8 Å². The lowest BCUT2D eigenvalue weighted by molar-refractivity contribution is 0.287. The van der Waals surface area contributed by atoms with Crippen LogP contribution in [0.2, 0.25) is 0 Å². The third kappa shape index (κ3) is 3.60. The number of aromatic nitrogens is 2. The molecule has 0 saturated heterocycles. The molecule has 1 heterocycles. The van der Waals surface area contributed by atoms with Gasteiger partial charge in [-0.05, 0) is 37.5 Å². The summed E-state index contributed by atoms with van der Waals surface area (Å²) in [5, 5.41) is 9.05. The molecule has 3 nitrogen and oxygen atoms in total. The molecule has 0 unspecified atom stereocenters. The molecule has 0 spiro atoms. The Hall–Kier alpha value is -1.35. The van der Waals surface area contributed by atoms with Gasteiger partial charge in [0.1, 0.15) is 5.82 Å². The van der Waals surface area contributed by atoms with Crippen molar-refractivity contribution in [2.75, 3.05) is 6.61 Å². The van der Waals surface area contributed by atoms with Crippen LogP contribution in [0.15, 0.2) is 18.2 Å². The highest BCUT2D eigenvalue weighted by molar-refractivity contribution is 5.76. The molecule has 0 aliphatic heterocycles. The number of aliphatic hydroxyl groups is 1. The summed E-state index contributed by atoms with van der Waals surface area (Å²) in [6.45, 7) is 5.62. The van der Waals surface area contributed by atoms with Gasteiger partial charge >= 0.3 is 0 Å². The lowest BCUT2D eigenvalue weighted by Crippen LogP contribution is -2.05. The first-order valence-corrected chi connectivity index (χ1v) is 7.83. The average molecular weight is 274 g/mol. The molecule has 2 aromatic rings. The van der Waals surface area contributed by atoms with Crippen molar-refractivity contribution in [3.8, 4) is 0 Å². The second-order valence-corrected chi connectivity index (χ2v) is 5.56. The molecule has 0 saturated carbocycles. The lowest BCUT2D eigenvalue weighted by atomic mass is 10.2. The minimum atomic E-state index is 0.234. The van der Waals surface area contributed by atoms with Gasteiger partial charge in [0, 0.05) is 19.6 Å². The third-order valence-corrected chi connectivity index (χ3v) is 3.78. The molecule has 2 rings (SSSR count). The largest absolute Gasteiger partial charge is 0.396 e. The smallest absolute Gasteiger partial charge is 0.109 e. The first-order valence-electron chi connectivity index (χ1n) is 7.83. The molecule has 1 N–H and O–H groups in total. The van der Waals surface area contributed by atoms with Gasteiger partial charge in [-0.25, -0.2) is 4.98 Å². The van der Waals surface area contributed by atoms with Crippen LogP contribution in [0.1, 0.15) is 50.4 Å². The van der Waals surface area contributed by atoms with Gasteiger partial charge in [-0.1, -0.05) is 32.3 Å². The molecular weight excluding hydrogens is 248 g/mol. The average Bonchev–Trinajstić information content (AvgIpc) is 2.78. The van der Waals surface area contributed by atoms with Crippen LogP contribution in [0.5, 0.6) is 0 Å². The zero-order chi connectivity index (χ0) is 14.4. The molecular formula is C17H26N2O. The van der Waals surface area contributed by atoms with Crippen LogP contribution in [0.25, 0.3) is 11.0 Å². The van der Waals surface area contributed by atoms with E-state index in [0.717, 1.165) is 30.7 Å². The van der Waals surface area contributed by atoms with Crippen molar-refractivity contribution in [2.45, 2.75) is 58.9 Å². The van der Waals surface area contributed by atoms with E-state index in [0.29, 0.717) is 0 Å². The van der Waals surface area contributed by atoms with Crippen LogP contribution in [-0.2, 0) is 13.0 Å². The van der Waals surface area contributed by atoms with Gasteiger partial charge < -0.3 is 9.67 Å². The van der Waals surface area contributed by atoms with E-state index in [4.69, 9.17) is 10.1 Å². The number of benzene rings is 1. The van der Waals surface area contributed by atoms with Crippen LogP contribution < -0.4 is 0 Å². The van der Waals surface area contributed by atoms with E-state index < -0.39 is 0 Å².